The first kappa shape index (κ1) is 26.5. The molecule has 4 aromatic rings. The van der Waals surface area contributed by atoms with Crippen molar-refractivity contribution in [2.24, 2.45) is 7.05 Å². The Morgan fingerprint density at radius 3 is 2.35 bits per heavy atom. The van der Waals surface area contributed by atoms with Crippen molar-refractivity contribution in [1.82, 2.24) is 19.5 Å². The molecular formula is C23H17ClF6N4O3. The molecule has 14 heteroatoms. The van der Waals surface area contributed by atoms with E-state index < -0.39 is 36.0 Å². The van der Waals surface area contributed by atoms with Crippen molar-refractivity contribution in [3.63, 3.8) is 0 Å². The molecule has 37 heavy (non-hydrogen) atoms. The Balaban J connectivity index is 1.96. The van der Waals surface area contributed by atoms with Crippen molar-refractivity contribution in [1.29, 1.82) is 0 Å². The highest BCUT2D eigenvalue weighted by Gasteiger charge is 2.40. The van der Waals surface area contributed by atoms with Gasteiger partial charge in [0.1, 0.15) is 5.69 Å². The largest absolute Gasteiger partial charge is 0.478 e. The van der Waals surface area contributed by atoms with E-state index in [2.05, 4.69) is 15.0 Å². The number of imidazole rings is 1. The quantitative estimate of drug-likeness (QED) is 0.332. The average Bonchev–Trinajstić information content (AvgIpc) is 3.27. The van der Waals surface area contributed by atoms with Crippen molar-refractivity contribution in [3.8, 4) is 11.6 Å². The number of ether oxygens (including phenoxy) is 2. The molecule has 0 bridgehead atoms. The molecule has 0 unspecified atom stereocenters. The number of aromatic nitrogens is 4. The maximum absolute atomic E-state index is 13.4. The van der Waals surface area contributed by atoms with Crippen LogP contribution in [0.3, 0.4) is 0 Å². The van der Waals surface area contributed by atoms with Crippen molar-refractivity contribution < 1.29 is 40.9 Å². The second-order valence-electron chi connectivity index (χ2n) is 7.93. The molecule has 196 valence electrons. The third kappa shape index (κ3) is 5.01. The fraction of sp³-hybridized carbons (Fsp3) is 0.261. The van der Waals surface area contributed by atoms with Gasteiger partial charge in [0.25, 0.3) is 5.88 Å². The van der Waals surface area contributed by atoms with Gasteiger partial charge >= 0.3 is 12.4 Å². The number of rotatable bonds is 6. The Bertz CT molecular complexity index is 1460. The Labute approximate surface area is 210 Å². The lowest BCUT2D eigenvalue weighted by Crippen LogP contribution is -2.31. The molecule has 1 N–H and O–H groups in total. The normalized spacial score (nSPS) is 14.0. The third-order valence-corrected chi connectivity index (χ3v) is 5.87. The summed E-state index contributed by atoms with van der Waals surface area (Å²) in [6.07, 6.45) is -5.95. The van der Waals surface area contributed by atoms with Gasteiger partial charge in [0.05, 0.1) is 35.9 Å². The van der Waals surface area contributed by atoms with Crippen LogP contribution < -0.4 is 9.47 Å². The number of alkyl halides is 6. The molecule has 3 aromatic heterocycles. The number of aliphatic hydroxyl groups is 1. The number of pyridine rings is 2. The van der Waals surface area contributed by atoms with Gasteiger partial charge in [-0.3, -0.25) is 4.98 Å². The number of benzene rings is 1. The zero-order valence-corrected chi connectivity index (χ0v) is 19.8. The van der Waals surface area contributed by atoms with E-state index in [4.69, 9.17) is 21.1 Å². The highest BCUT2D eigenvalue weighted by atomic mass is 35.5. The number of methoxy groups -OCH3 is 1. The minimum Gasteiger partial charge on any atom is -0.478 e. The minimum absolute atomic E-state index is 0.0264. The molecule has 7 nitrogen and oxygen atoms in total. The summed E-state index contributed by atoms with van der Waals surface area (Å²) < 4.78 is 89.9. The molecular weight excluding hydrogens is 530 g/mol. The molecule has 0 fully saturated rings. The van der Waals surface area contributed by atoms with Crippen molar-refractivity contribution in [2.75, 3.05) is 13.7 Å². The Morgan fingerprint density at radius 2 is 1.76 bits per heavy atom. The second-order valence-corrected chi connectivity index (χ2v) is 8.31. The van der Waals surface area contributed by atoms with Gasteiger partial charge in [-0.15, -0.1) is 0 Å². The first-order chi connectivity index (χ1) is 17.3. The van der Waals surface area contributed by atoms with E-state index in [1.807, 2.05) is 0 Å². The number of hydrogen-bond acceptors (Lipinski definition) is 6. The predicted octanol–water partition coefficient (Wildman–Crippen LogP) is 5.27. The van der Waals surface area contributed by atoms with Crippen LogP contribution in [-0.2, 0) is 18.8 Å². The molecule has 1 atom stereocenters. The summed E-state index contributed by atoms with van der Waals surface area (Å²) >= 11 is 6.39. The number of aryl methyl sites for hydroxylation is 1. The van der Waals surface area contributed by atoms with E-state index in [-0.39, 0.29) is 38.6 Å². The van der Waals surface area contributed by atoms with Gasteiger partial charge in [0, 0.05) is 18.6 Å². The summed E-state index contributed by atoms with van der Waals surface area (Å²) in [4.78, 5) is 11.4. The summed E-state index contributed by atoms with van der Waals surface area (Å²) in [5, 5.41) is 11.7. The zero-order chi connectivity index (χ0) is 27.2. The molecule has 0 saturated carbocycles. The molecule has 3 heterocycles. The van der Waals surface area contributed by atoms with Crippen LogP contribution in [0.5, 0.6) is 11.6 Å². The SMILES string of the molecule is COc1nc2ccc([C@](O)(c3ccnc(C(F)(F)F)c3)c3cncn3C)cc2c(Cl)c1OCC(F)(F)F. The molecule has 1 aromatic carbocycles. The van der Waals surface area contributed by atoms with Gasteiger partial charge in [-0.25, -0.2) is 9.97 Å². The minimum atomic E-state index is -4.79. The average molecular weight is 547 g/mol. The van der Waals surface area contributed by atoms with Gasteiger partial charge in [0.2, 0.25) is 5.75 Å². The lowest BCUT2D eigenvalue weighted by atomic mass is 9.83. The van der Waals surface area contributed by atoms with Gasteiger partial charge in [-0.05, 0) is 35.4 Å². The van der Waals surface area contributed by atoms with E-state index in [1.165, 1.54) is 55.5 Å². The van der Waals surface area contributed by atoms with Crippen LogP contribution in [0.2, 0.25) is 5.02 Å². The van der Waals surface area contributed by atoms with Crippen LogP contribution >= 0.6 is 11.6 Å². The first-order valence-electron chi connectivity index (χ1n) is 10.4. The van der Waals surface area contributed by atoms with Crippen molar-refractivity contribution in [2.45, 2.75) is 18.0 Å². The van der Waals surface area contributed by atoms with Crippen LogP contribution in [0.4, 0.5) is 26.3 Å². The summed E-state index contributed by atoms with van der Waals surface area (Å²) in [6, 6.07) is 5.98. The summed E-state index contributed by atoms with van der Waals surface area (Å²) in [6.45, 7) is -1.67. The smallest absolute Gasteiger partial charge is 0.433 e. The van der Waals surface area contributed by atoms with E-state index >= 15 is 0 Å². The molecule has 0 amide bonds. The maximum Gasteiger partial charge on any atom is 0.433 e. The molecule has 0 aliphatic rings. The molecule has 0 aliphatic carbocycles. The molecule has 0 saturated heterocycles. The molecule has 0 spiro atoms. The highest BCUT2D eigenvalue weighted by molar-refractivity contribution is 6.37. The van der Waals surface area contributed by atoms with Crippen LogP contribution in [0.1, 0.15) is 22.5 Å². The van der Waals surface area contributed by atoms with Gasteiger partial charge in [0.15, 0.2) is 12.2 Å². The second kappa shape index (κ2) is 9.38. The fourth-order valence-corrected chi connectivity index (χ4v) is 4.09. The van der Waals surface area contributed by atoms with Gasteiger partial charge in [-0.2, -0.15) is 26.3 Å². The van der Waals surface area contributed by atoms with Crippen molar-refractivity contribution in [3.05, 3.63) is 76.6 Å². The Morgan fingerprint density at radius 1 is 1.05 bits per heavy atom. The first-order valence-corrected chi connectivity index (χ1v) is 10.7. The van der Waals surface area contributed by atoms with Gasteiger partial charge in [-0.1, -0.05) is 17.7 Å². The lowest BCUT2D eigenvalue weighted by molar-refractivity contribution is -0.153. The maximum atomic E-state index is 13.4. The Kier molecular flexibility index (Phi) is 6.71. The molecule has 4 rings (SSSR count). The highest BCUT2D eigenvalue weighted by Crippen LogP contribution is 2.43. The van der Waals surface area contributed by atoms with E-state index in [9.17, 15) is 31.4 Å². The third-order valence-electron chi connectivity index (χ3n) is 5.50. The standard InChI is InChI=1S/C23H17ClF6N4O3/c1-34-11-31-9-17(34)22(35,13-5-6-32-16(8-13)23(28,29)30)12-3-4-15-14(7-12)18(24)19(20(33-15)36-2)37-10-21(25,26)27/h3-9,11,35H,10H2,1-2H3/t22-/m0/s1. The zero-order valence-electron chi connectivity index (χ0n) is 19.0. The topological polar surface area (TPSA) is 82.3 Å². The summed E-state index contributed by atoms with van der Waals surface area (Å²) in [7, 11) is 2.70. The number of hydrogen-bond donors (Lipinski definition) is 1. The summed E-state index contributed by atoms with van der Waals surface area (Å²) in [5.41, 5.74) is -3.35. The molecule has 0 radical (unpaired) electrons. The molecule has 0 aliphatic heterocycles. The summed E-state index contributed by atoms with van der Waals surface area (Å²) in [5.74, 6) is -0.793. The van der Waals surface area contributed by atoms with Crippen LogP contribution in [0.15, 0.2) is 49.1 Å². The van der Waals surface area contributed by atoms with E-state index in [0.717, 1.165) is 6.20 Å². The van der Waals surface area contributed by atoms with Crippen LogP contribution in [0, 0.1) is 0 Å². The fourth-order valence-electron chi connectivity index (χ4n) is 3.81. The number of halogens is 7. The monoisotopic (exact) mass is 546 g/mol. The number of nitrogens with zero attached hydrogens (tertiary/aromatic N) is 4. The van der Waals surface area contributed by atoms with Crippen molar-refractivity contribution >= 4 is 22.5 Å². The van der Waals surface area contributed by atoms with E-state index in [0.29, 0.717) is 6.07 Å². The van der Waals surface area contributed by atoms with Crippen LogP contribution in [-0.4, -0.2) is 44.5 Å². The van der Waals surface area contributed by atoms with Crippen LogP contribution in [0.25, 0.3) is 10.9 Å². The number of fused-ring (bicyclic) bond motifs is 1. The van der Waals surface area contributed by atoms with Gasteiger partial charge < -0.3 is 19.1 Å². The lowest BCUT2D eigenvalue weighted by Gasteiger charge is -2.30. The predicted molar refractivity (Wildman–Crippen MR) is 119 cm³/mol. The Hall–Kier alpha value is -3.58. The van der Waals surface area contributed by atoms with E-state index in [1.54, 1.807) is 0 Å².